The van der Waals surface area contributed by atoms with Gasteiger partial charge in [-0.3, -0.25) is 0 Å². The van der Waals surface area contributed by atoms with Gasteiger partial charge >= 0.3 is 6.18 Å². The summed E-state index contributed by atoms with van der Waals surface area (Å²) >= 11 is 0.563. The van der Waals surface area contributed by atoms with E-state index in [0.717, 1.165) is 26.1 Å². The predicted molar refractivity (Wildman–Crippen MR) is 72.8 cm³/mol. The Balaban J connectivity index is 1.77. The van der Waals surface area contributed by atoms with Crippen molar-refractivity contribution >= 4 is 16.5 Å². The minimum atomic E-state index is -4.40. The SMILES string of the molecule is CC(C)CN1CCC(CNc2nnc(C(F)(F)F)s2)C1. The van der Waals surface area contributed by atoms with Crippen LogP contribution < -0.4 is 5.32 Å². The van der Waals surface area contributed by atoms with Crippen LogP contribution in [0.3, 0.4) is 0 Å². The van der Waals surface area contributed by atoms with E-state index in [1.54, 1.807) is 0 Å². The van der Waals surface area contributed by atoms with E-state index in [1.165, 1.54) is 0 Å². The molecule has 1 aromatic heterocycles. The van der Waals surface area contributed by atoms with Crippen molar-refractivity contribution in [3.63, 3.8) is 0 Å². The van der Waals surface area contributed by atoms with Crippen molar-refractivity contribution in [2.45, 2.75) is 26.4 Å². The molecular weight excluding hydrogens is 289 g/mol. The lowest BCUT2D eigenvalue weighted by Gasteiger charge is -2.18. The maximum atomic E-state index is 12.4. The van der Waals surface area contributed by atoms with Crippen molar-refractivity contribution in [1.29, 1.82) is 0 Å². The summed E-state index contributed by atoms with van der Waals surface area (Å²) in [6, 6.07) is 0. The van der Waals surface area contributed by atoms with Gasteiger partial charge in [-0.2, -0.15) is 13.2 Å². The van der Waals surface area contributed by atoms with Crippen LogP contribution in [0.15, 0.2) is 0 Å². The van der Waals surface area contributed by atoms with E-state index in [1.807, 2.05) is 0 Å². The number of nitrogens with zero attached hydrogens (tertiary/aromatic N) is 3. The van der Waals surface area contributed by atoms with Crippen LogP contribution in [0.2, 0.25) is 0 Å². The molecule has 1 saturated heterocycles. The Morgan fingerprint density at radius 3 is 2.75 bits per heavy atom. The van der Waals surface area contributed by atoms with E-state index in [9.17, 15) is 13.2 Å². The summed E-state index contributed by atoms with van der Waals surface area (Å²) in [5, 5.41) is 9.02. The smallest absolute Gasteiger partial charge is 0.360 e. The molecule has 1 atom stereocenters. The van der Waals surface area contributed by atoms with Gasteiger partial charge in [0.05, 0.1) is 0 Å². The number of aromatic nitrogens is 2. The third kappa shape index (κ3) is 4.31. The van der Waals surface area contributed by atoms with E-state index in [0.29, 0.717) is 29.7 Å². The van der Waals surface area contributed by atoms with Gasteiger partial charge in [-0.1, -0.05) is 25.2 Å². The Kier molecular flexibility index (Phi) is 4.85. The molecule has 0 amide bonds. The minimum absolute atomic E-state index is 0.250. The lowest BCUT2D eigenvalue weighted by Crippen LogP contribution is -2.26. The van der Waals surface area contributed by atoms with Gasteiger partial charge in [0, 0.05) is 19.6 Å². The normalized spacial score (nSPS) is 20.8. The zero-order valence-electron chi connectivity index (χ0n) is 11.6. The second-order valence-corrected chi connectivity index (χ2v) is 6.58. The molecule has 8 heteroatoms. The van der Waals surface area contributed by atoms with E-state index >= 15 is 0 Å². The third-order valence-electron chi connectivity index (χ3n) is 3.20. The lowest BCUT2D eigenvalue weighted by molar-refractivity contribution is -0.138. The molecule has 0 radical (unpaired) electrons. The van der Waals surface area contributed by atoms with Gasteiger partial charge in [0.1, 0.15) is 0 Å². The summed E-state index contributed by atoms with van der Waals surface area (Å²) < 4.78 is 37.2. The maximum absolute atomic E-state index is 12.4. The topological polar surface area (TPSA) is 41.0 Å². The molecule has 1 unspecified atom stereocenters. The van der Waals surface area contributed by atoms with Crippen molar-refractivity contribution < 1.29 is 13.2 Å². The Labute approximate surface area is 120 Å². The van der Waals surface area contributed by atoms with Crippen LogP contribution in [0.25, 0.3) is 0 Å². The Morgan fingerprint density at radius 2 is 2.15 bits per heavy atom. The van der Waals surface area contributed by atoms with E-state index in [2.05, 4.69) is 34.3 Å². The molecule has 0 bridgehead atoms. The molecule has 0 saturated carbocycles. The fraction of sp³-hybridized carbons (Fsp3) is 0.833. The predicted octanol–water partition coefficient (Wildman–Crippen LogP) is 2.95. The number of anilines is 1. The minimum Gasteiger partial charge on any atom is -0.360 e. The first-order valence-electron chi connectivity index (χ1n) is 6.71. The average Bonchev–Trinajstić information content (AvgIpc) is 2.93. The van der Waals surface area contributed by atoms with E-state index in [4.69, 9.17) is 0 Å². The van der Waals surface area contributed by atoms with Crippen molar-refractivity contribution in [2.75, 3.05) is 31.5 Å². The van der Waals surface area contributed by atoms with Crippen LogP contribution in [-0.4, -0.2) is 41.3 Å². The lowest BCUT2D eigenvalue weighted by atomic mass is 10.1. The van der Waals surface area contributed by atoms with E-state index in [-0.39, 0.29) is 5.13 Å². The van der Waals surface area contributed by atoms with Gasteiger partial charge in [-0.25, -0.2) is 0 Å². The van der Waals surface area contributed by atoms with Crippen LogP contribution in [0.4, 0.5) is 18.3 Å². The second-order valence-electron chi connectivity index (χ2n) is 5.60. The van der Waals surface area contributed by atoms with Crippen molar-refractivity contribution in [3.05, 3.63) is 5.01 Å². The fourth-order valence-corrected chi connectivity index (χ4v) is 3.02. The number of rotatable bonds is 5. The molecule has 1 aliphatic rings. The highest BCUT2D eigenvalue weighted by atomic mass is 32.1. The Bertz CT molecular complexity index is 433. The number of hydrogen-bond acceptors (Lipinski definition) is 5. The number of alkyl halides is 3. The molecule has 0 aromatic carbocycles. The summed E-state index contributed by atoms with van der Waals surface area (Å²) in [6.07, 6.45) is -3.33. The van der Waals surface area contributed by atoms with Crippen LogP contribution in [-0.2, 0) is 6.18 Å². The molecule has 4 nitrogen and oxygen atoms in total. The maximum Gasteiger partial charge on any atom is 0.445 e. The van der Waals surface area contributed by atoms with Gasteiger partial charge in [0.15, 0.2) is 0 Å². The zero-order chi connectivity index (χ0) is 14.8. The van der Waals surface area contributed by atoms with Crippen LogP contribution in [0.5, 0.6) is 0 Å². The highest BCUT2D eigenvalue weighted by molar-refractivity contribution is 7.15. The average molecular weight is 308 g/mol. The van der Waals surface area contributed by atoms with Crippen LogP contribution >= 0.6 is 11.3 Å². The third-order valence-corrected chi connectivity index (χ3v) is 4.13. The van der Waals surface area contributed by atoms with Gasteiger partial charge in [0.25, 0.3) is 0 Å². The first kappa shape index (κ1) is 15.5. The summed E-state index contributed by atoms with van der Waals surface area (Å²) in [5.41, 5.74) is 0. The van der Waals surface area contributed by atoms with Crippen LogP contribution in [0.1, 0.15) is 25.3 Å². The van der Waals surface area contributed by atoms with E-state index < -0.39 is 11.2 Å². The van der Waals surface area contributed by atoms with Gasteiger partial charge in [-0.05, 0) is 24.8 Å². The summed E-state index contributed by atoms with van der Waals surface area (Å²) in [6.45, 7) is 8.16. The molecule has 0 aliphatic carbocycles. The fourth-order valence-electron chi connectivity index (χ4n) is 2.40. The largest absolute Gasteiger partial charge is 0.445 e. The van der Waals surface area contributed by atoms with Gasteiger partial charge in [-0.15, -0.1) is 10.2 Å². The highest BCUT2D eigenvalue weighted by Crippen LogP contribution is 2.33. The summed E-state index contributed by atoms with van der Waals surface area (Å²) in [4.78, 5) is 2.40. The summed E-state index contributed by atoms with van der Waals surface area (Å²) in [5.74, 6) is 1.10. The van der Waals surface area contributed by atoms with Crippen molar-refractivity contribution in [2.24, 2.45) is 11.8 Å². The highest BCUT2D eigenvalue weighted by Gasteiger charge is 2.35. The molecule has 1 N–H and O–H groups in total. The number of likely N-dealkylation sites (tertiary alicyclic amines) is 1. The molecule has 2 heterocycles. The Hall–Kier alpha value is -0.890. The molecule has 1 aliphatic heterocycles. The molecule has 1 aromatic rings. The number of halogens is 3. The first-order chi connectivity index (χ1) is 9.34. The monoisotopic (exact) mass is 308 g/mol. The van der Waals surface area contributed by atoms with Gasteiger partial charge < -0.3 is 10.2 Å². The molecule has 2 rings (SSSR count). The Morgan fingerprint density at radius 1 is 1.40 bits per heavy atom. The van der Waals surface area contributed by atoms with Crippen molar-refractivity contribution in [1.82, 2.24) is 15.1 Å². The van der Waals surface area contributed by atoms with Crippen LogP contribution in [0, 0.1) is 11.8 Å². The molecule has 20 heavy (non-hydrogen) atoms. The van der Waals surface area contributed by atoms with Gasteiger partial charge in [0.2, 0.25) is 10.1 Å². The number of nitrogens with one attached hydrogen (secondary N) is 1. The second kappa shape index (κ2) is 6.26. The standard InChI is InChI=1S/C12H19F3N4S/c1-8(2)6-19-4-3-9(7-19)5-16-11-18-17-10(20-11)12(13,14)15/h8-9H,3-7H2,1-2H3,(H,16,18). The first-order valence-corrected chi connectivity index (χ1v) is 7.53. The molecule has 1 fully saturated rings. The van der Waals surface area contributed by atoms with Crippen molar-refractivity contribution in [3.8, 4) is 0 Å². The molecular formula is C12H19F3N4S. The quantitative estimate of drug-likeness (QED) is 0.908. The molecule has 114 valence electrons. The zero-order valence-corrected chi connectivity index (χ0v) is 12.4. The number of hydrogen-bond donors (Lipinski definition) is 1. The molecule has 0 spiro atoms. The summed E-state index contributed by atoms with van der Waals surface area (Å²) in [7, 11) is 0.